The molecule has 1 aliphatic carbocycles. The summed E-state index contributed by atoms with van der Waals surface area (Å²) in [5.74, 6) is 0. The molecular weight excluding hydrogens is 286 g/mol. The molecule has 1 aliphatic rings. The summed E-state index contributed by atoms with van der Waals surface area (Å²) < 4.78 is 25.6. The average Bonchev–Trinajstić information content (AvgIpc) is 2.71. The number of nitrogens with zero attached hydrogens (tertiary/aromatic N) is 1. The minimum atomic E-state index is -3.44. The number of nitrogen functional groups attached to an aromatic ring is 1. The standard InChI is InChI=1S/C15H25N3O2S/c1-15(2)9-5-6-14(15)17-13-10-11(7-8-12(13)16)21(19,20)18(3)4/h7-8,10,14,17H,5-6,9,16H2,1-4H3. The van der Waals surface area contributed by atoms with Crippen LogP contribution in [0.2, 0.25) is 0 Å². The molecule has 1 unspecified atom stereocenters. The van der Waals surface area contributed by atoms with Crippen LogP contribution in [0.25, 0.3) is 0 Å². The molecule has 0 aliphatic heterocycles. The van der Waals surface area contributed by atoms with Crippen LogP contribution in [0.3, 0.4) is 0 Å². The SMILES string of the molecule is CN(C)S(=O)(=O)c1ccc(N)c(NC2CCCC2(C)C)c1. The minimum absolute atomic E-state index is 0.197. The van der Waals surface area contributed by atoms with Crippen molar-refractivity contribution in [1.82, 2.24) is 4.31 Å². The summed E-state index contributed by atoms with van der Waals surface area (Å²) in [5.41, 5.74) is 7.49. The van der Waals surface area contributed by atoms with Gasteiger partial charge in [-0.05, 0) is 36.5 Å². The predicted octanol–water partition coefficient (Wildman–Crippen LogP) is 2.51. The first kappa shape index (κ1) is 16.1. The van der Waals surface area contributed by atoms with Gasteiger partial charge in [0.2, 0.25) is 10.0 Å². The fourth-order valence-corrected chi connectivity index (χ4v) is 3.74. The second-order valence-corrected chi connectivity index (χ2v) is 8.77. The predicted molar refractivity (Wildman–Crippen MR) is 86.8 cm³/mol. The van der Waals surface area contributed by atoms with E-state index >= 15 is 0 Å². The molecule has 0 saturated heterocycles. The van der Waals surface area contributed by atoms with Gasteiger partial charge >= 0.3 is 0 Å². The van der Waals surface area contributed by atoms with E-state index < -0.39 is 10.0 Å². The normalized spacial score (nSPS) is 21.7. The van der Waals surface area contributed by atoms with E-state index in [2.05, 4.69) is 19.2 Å². The number of rotatable bonds is 4. The maximum atomic E-state index is 12.2. The van der Waals surface area contributed by atoms with Gasteiger partial charge in [0.25, 0.3) is 0 Å². The van der Waals surface area contributed by atoms with Crippen molar-refractivity contribution < 1.29 is 8.42 Å². The van der Waals surface area contributed by atoms with Gasteiger partial charge in [-0.15, -0.1) is 0 Å². The Balaban J connectivity index is 2.33. The summed E-state index contributed by atoms with van der Waals surface area (Å²) in [6.45, 7) is 4.46. The quantitative estimate of drug-likeness (QED) is 0.838. The molecule has 1 atom stereocenters. The maximum Gasteiger partial charge on any atom is 0.242 e. The van der Waals surface area contributed by atoms with E-state index in [1.165, 1.54) is 31.2 Å². The smallest absolute Gasteiger partial charge is 0.242 e. The minimum Gasteiger partial charge on any atom is -0.397 e. The first-order chi connectivity index (χ1) is 9.64. The Morgan fingerprint density at radius 2 is 2.00 bits per heavy atom. The monoisotopic (exact) mass is 311 g/mol. The Kier molecular flexibility index (Phi) is 4.22. The summed E-state index contributed by atoms with van der Waals surface area (Å²) in [6.07, 6.45) is 3.43. The van der Waals surface area contributed by atoms with Gasteiger partial charge in [-0.1, -0.05) is 20.3 Å². The fourth-order valence-electron chi connectivity index (χ4n) is 2.81. The van der Waals surface area contributed by atoms with Gasteiger partial charge in [0, 0.05) is 20.1 Å². The lowest BCUT2D eigenvalue weighted by Crippen LogP contribution is -2.31. The van der Waals surface area contributed by atoms with Gasteiger partial charge in [0.1, 0.15) is 0 Å². The van der Waals surface area contributed by atoms with E-state index in [9.17, 15) is 8.42 Å². The third kappa shape index (κ3) is 3.16. The van der Waals surface area contributed by atoms with E-state index in [1.807, 2.05) is 0 Å². The maximum absolute atomic E-state index is 12.2. The van der Waals surface area contributed by atoms with Crippen molar-refractivity contribution in [3.8, 4) is 0 Å². The lowest BCUT2D eigenvalue weighted by Gasteiger charge is -2.29. The number of anilines is 2. The molecule has 1 aromatic carbocycles. The van der Waals surface area contributed by atoms with Crippen molar-refractivity contribution in [2.75, 3.05) is 25.1 Å². The van der Waals surface area contributed by atoms with Crippen LogP contribution in [0, 0.1) is 5.41 Å². The number of nitrogens with one attached hydrogen (secondary N) is 1. The molecular formula is C15H25N3O2S. The van der Waals surface area contributed by atoms with Crippen LogP contribution in [0.15, 0.2) is 23.1 Å². The number of sulfonamides is 1. The van der Waals surface area contributed by atoms with Gasteiger partial charge < -0.3 is 11.1 Å². The first-order valence-electron chi connectivity index (χ1n) is 7.23. The molecule has 0 bridgehead atoms. The Morgan fingerprint density at radius 3 is 2.52 bits per heavy atom. The number of benzene rings is 1. The lowest BCUT2D eigenvalue weighted by molar-refractivity contribution is 0.350. The second-order valence-electron chi connectivity index (χ2n) is 6.61. The topological polar surface area (TPSA) is 75.4 Å². The van der Waals surface area contributed by atoms with E-state index in [1.54, 1.807) is 18.2 Å². The van der Waals surface area contributed by atoms with Crippen molar-refractivity contribution in [2.45, 2.75) is 44.0 Å². The highest BCUT2D eigenvalue weighted by atomic mass is 32.2. The lowest BCUT2D eigenvalue weighted by atomic mass is 9.87. The Hall–Kier alpha value is -1.27. The van der Waals surface area contributed by atoms with Gasteiger partial charge in [0.15, 0.2) is 0 Å². The molecule has 0 radical (unpaired) electrons. The van der Waals surface area contributed by atoms with Gasteiger partial charge in [-0.25, -0.2) is 12.7 Å². The van der Waals surface area contributed by atoms with E-state index in [0.717, 1.165) is 6.42 Å². The largest absolute Gasteiger partial charge is 0.397 e. The van der Waals surface area contributed by atoms with Crippen molar-refractivity contribution in [3.63, 3.8) is 0 Å². The van der Waals surface area contributed by atoms with Crippen molar-refractivity contribution >= 4 is 21.4 Å². The molecule has 6 heteroatoms. The van der Waals surface area contributed by atoms with Crippen LogP contribution < -0.4 is 11.1 Å². The zero-order valence-electron chi connectivity index (χ0n) is 13.2. The molecule has 5 nitrogen and oxygen atoms in total. The molecule has 2 rings (SSSR count). The molecule has 0 aromatic heterocycles. The van der Waals surface area contributed by atoms with Crippen LogP contribution >= 0.6 is 0 Å². The molecule has 3 N–H and O–H groups in total. The summed E-state index contributed by atoms with van der Waals surface area (Å²) >= 11 is 0. The molecule has 1 aromatic rings. The van der Waals surface area contributed by atoms with Crippen LogP contribution in [0.4, 0.5) is 11.4 Å². The Morgan fingerprint density at radius 1 is 1.33 bits per heavy atom. The van der Waals surface area contributed by atoms with Crippen molar-refractivity contribution in [1.29, 1.82) is 0 Å². The van der Waals surface area contributed by atoms with Gasteiger partial charge in [-0.2, -0.15) is 0 Å². The van der Waals surface area contributed by atoms with E-state index in [-0.39, 0.29) is 10.3 Å². The van der Waals surface area contributed by atoms with Crippen molar-refractivity contribution in [3.05, 3.63) is 18.2 Å². The number of hydrogen-bond acceptors (Lipinski definition) is 4. The van der Waals surface area contributed by atoms with Crippen LogP contribution in [-0.4, -0.2) is 32.9 Å². The highest BCUT2D eigenvalue weighted by Crippen LogP contribution is 2.40. The molecule has 118 valence electrons. The summed E-state index contributed by atoms with van der Waals surface area (Å²) in [4.78, 5) is 0.264. The number of nitrogens with two attached hydrogens (primary N) is 1. The van der Waals surface area contributed by atoms with Crippen LogP contribution in [-0.2, 0) is 10.0 Å². The van der Waals surface area contributed by atoms with Crippen molar-refractivity contribution in [2.24, 2.45) is 5.41 Å². The van der Waals surface area contributed by atoms with Crippen LogP contribution in [0.5, 0.6) is 0 Å². The molecule has 0 heterocycles. The second kappa shape index (κ2) is 5.50. The highest BCUT2D eigenvalue weighted by molar-refractivity contribution is 7.89. The fraction of sp³-hybridized carbons (Fsp3) is 0.600. The molecule has 1 fully saturated rings. The molecule has 0 spiro atoms. The Labute approximate surface area is 127 Å². The highest BCUT2D eigenvalue weighted by Gasteiger charge is 2.34. The summed E-state index contributed by atoms with van der Waals surface area (Å²) in [5, 5.41) is 3.44. The third-order valence-electron chi connectivity index (χ3n) is 4.39. The van der Waals surface area contributed by atoms with Gasteiger partial charge in [0.05, 0.1) is 16.3 Å². The first-order valence-corrected chi connectivity index (χ1v) is 8.67. The zero-order valence-corrected chi connectivity index (χ0v) is 14.0. The van der Waals surface area contributed by atoms with E-state index in [4.69, 9.17) is 5.73 Å². The molecule has 21 heavy (non-hydrogen) atoms. The van der Waals surface area contributed by atoms with Gasteiger partial charge in [-0.3, -0.25) is 0 Å². The summed E-state index contributed by atoms with van der Waals surface area (Å²) in [7, 11) is -0.387. The average molecular weight is 311 g/mol. The zero-order chi connectivity index (χ0) is 15.8. The molecule has 1 saturated carbocycles. The summed E-state index contributed by atoms with van der Waals surface area (Å²) in [6, 6.07) is 5.16. The third-order valence-corrected chi connectivity index (χ3v) is 6.20. The van der Waals surface area contributed by atoms with Crippen LogP contribution in [0.1, 0.15) is 33.1 Å². The van der Waals surface area contributed by atoms with E-state index in [0.29, 0.717) is 17.4 Å². The Bertz CT molecular complexity index is 624. The molecule has 0 amide bonds. The number of hydrogen-bond donors (Lipinski definition) is 2.